The van der Waals surface area contributed by atoms with Gasteiger partial charge in [0.1, 0.15) is 0 Å². The van der Waals surface area contributed by atoms with Crippen LogP contribution in [0.5, 0.6) is 0 Å². The Morgan fingerprint density at radius 1 is 1.15 bits per heavy atom. The molecule has 108 valence electrons. The van der Waals surface area contributed by atoms with Crippen LogP contribution >= 0.6 is 11.3 Å². The topological polar surface area (TPSA) is 29.3 Å². The van der Waals surface area contributed by atoms with Crippen molar-refractivity contribution >= 4 is 11.3 Å². The second-order valence-corrected chi connectivity index (χ2v) is 6.23. The van der Waals surface area contributed by atoms with Gasteiger partial charge in [-0.2, -0.15) is 11.3 Å². The van der Waals surface area contributed by atoms with Gasteiger partial charge in [-0.05, 0) is 53.9 Å². The summed E-state index contributed by atoms with van der Waals surface area (Å²) in [5, 5.41) is 4.32. The van der Waals surface area contributed by atoms with E-state index in [1.165, 1.54) is 16.7 Å². The van der Waals surface area contributed by atoms with E-state index >= 15 is 0 Å². The van der Waals surface area contributed by atoms with Crippen molar-refractivity contribution in [3.63, 3.8) is 0 Å². The van der Waals surface area contributed by atoms with Gasteiger partial charge in [0.25, 0.3) is 0 Å². The van der Waals surface area contributed by atoms with E-state index in [9.17, 15) is 0 Å². The van der Waals surface area contributed by atoms with Crippen molar-refractivity contribution < 1.29 is 0 Å². The maximum atomic E-state index is 6.19. The average Bonchev–Trinajstić information content (AvgIpc) is 2.93. The lowest BCUT2D eigenvalue weighted by molar-refractivity contribution is 0.211. The van der Waals surface area contributed by atoms with E-state index in [-0.39, 0.29) is 12.1 Å². The molecule has 20 heavy (non-hydrogen) atoms. The number of hydrogen-bond donors (Lipinski definition) is 1. The molecule has 1 aromatic heterocycles. The summed E-state index contributed by atoms with van der Waals surface area (Å²) in [6, 6.07) is 11.4. The van der Waals surface area contributed by atoms with Crippen LogP contribution in [0.2, 0.25) is 0 Å². The van der Waals surface area contributed by atoms with Crippen LogP contribution in [0.15, 0.2) is 41.1 Å². The molecule has 0 aliphatic carbocycles. The van der Waals surface area contributed by atoms with Crippen LogP contribution in [0.1, 0.15) is 36.6 Å². The quantitative estimate of drug-likeness (QED) is 0.875. The summed E-state index contributed by atoms with van der Waals surface area (Å²) in [6.45, 7) is 5.19. The van der Waals surface area contributed by atoms with Gasteiger partial charge in [0.2, 0.25) is 0 Å². The van der Waals surface area contributed by atoms with Crippen LogP contribution < -0.4 is 5.73 Å². The van der Waals surface area contributed by atoms with Gasteiger partial charge in [0, 0.05) is 12.6 Å². The minimum absolute atomic E-state index is 0.115. The van der Waals surface area contributed by atoms with Crippen LogP contribution in [0.25, 0.3) is 0 Å². The van der Waals surface area contributed by atoms with Gasteiger partial charge in [-0.15, -0.1) is 0 Å². The summed E-state index contributed by atoms with van der Waals surface area (Å²) >= 11 is 1.73. The van der Waals surface area contributed by atoms with Crippen molar-refractivity contribution in [3.05, 3.63) is 57.8 Å². The molecular formula is C17H24N2S. The standard InChI is InChI=1S/C17H24N2S/c1-4-14-5-7-15(8-6-14)11-19(3)17(13(2)18)16-9-10-20-12-16/h5-10,12-13,17H,4,11,18H2,1-3H3. The average molecular weight is 288 g/mol. The minimum Gasteiger partial charge on any atom is -0.326 e. The van der Waals surface area contributed by atoms with Crippen molar-refractivity contribution in [1.82, 2.24) is 4.90 Å². The van der Waals surface area contributed by atoms with Gasteiger partial charge in [0.15, 0.2) is 0 Å². The van der Waals surface area contributed by atoms with Gasteiger partial charge >= 0.3 is 0 Å². The molecule has 2 unspecified atom stereocenters. The van der Waals surface area contributed by atoms with Crippen LogP contribution in [0.3, 0.4) is 0 Å². The van der Waals surface area contributed by atoms with Gasteiger partial charge < -0.3 is 5.73 Å². The molecule has 1 heterocycles. The summed E-state index contributed by atoms with van der Waals surface area (Å²) < 4.78 is 0. The van der Waals surface area contributed by atoms with E-state index in [4.69, 9.17) is 5.73 Å². The third-order valence-corrected chi connectivity index (χ3v) is 4.42. The van der Waals surface area contributed by atoms with Crippen LogP contribution in [0.4, 0.5) is 0 Å². The van der Waals surface area contributed by atoms with E-state index in [1.54, 1.807) is 11.3 Å². The highest BCUT2D eigenvalue weighted by Gasteiger charge is 2.21. The van der Waals surface area contributed by atoms with Crippen LogP contribution in [0, 0.1) is 0 Å². The molecule has 1 aromatic carbocycles. The summed E-state index contributed by atoms with van der Waals surface area (Å²) in [4.78, 5) is 2.34. The first-order chi connectivity index (χ1) is 9.61. The summed E-state index contributed by atoms with van der Waals surface area (Å²) in [5.74, 6) is 0. The van der Waals surface area contributed by atoms with Crippen molar-refractivity contribution in [1.29, 1.82) is 0 Å². The molecule has 0 spiro atoms. The maximum absolute atomic E-state index is 6.19. The van der Waals surface area contributed by atoms with Gasteiger partial charge in [0.05, 0.1) is 6.04 Å². The second kappa shape index (κ2) is 7.02. The van der Waals surface area contributed by atoms with E-state index in [1.807, 2.05) is 0 Å². The van der Waals surface area contributed by atoms with E-state index in [2.05, 4.69) is 66.9 Å². The molecule has 0 radical (unpaired) electrons. The van der Waals surface area contributed by atoms with Crippen molar-refractivity contribution in [2.24, 2.45) is 5.73 Å². The van der Waals surface area contributed by atoms with E-state index < -0.39 is 0 Å². The Hall–Kier alpha value is -1.16. The number of nitrogens with two attached hydrogens (primary N) is 1. The Kier molecular flexibility index (Phi) is 5.35. The van der Waals surface area contributed by atoms with Crippen LogP contribution in [-0.2, 0) is 13.0 Å². The maximum Gasteiger partial charge on any atom is 0.0505 e. The Bertz CT molecular complexity index is 502. The number of rotatable bonds is 6. The molecule has 0 saturated heterocycles. The van der Waals surface area contributed by atoms with Crippen molar-refractivity contribution in [2.75, 3.05) is 7.05 Å². The SMILES string of the molecule is CCc1ccc(CN(C)C(c2ccsc2)C(C)N)cc1. The second-order valence-electron chi connectivity index (χ2n) is 5.45. The molecule has 0 aliphatic heterocycles. The Balaban J connectivity index is 2.10. The highest BCUT2D eigenvalue weighted by molar-refractivity contribution is 7.07. The summed E-state index contributed by atoms with van der Waals surface area (Å²) in [6.07, 6.45) is 1.09. The monoisotopic (exact) mass is 288 g/mol. The van der Waals surface area contributed by atoms with Crippen molar-refractivity contribution in [3.8, 4) is 0 Å². The zero-order valence-corrected chi connectivity index (χ0v) is 13.4. The molecule has 0 saturated carbocycles. The fraction of sp³-hybridized carbons (Fsp3) is 0.412. The number of hydrogen-bond acceptors (Lipinski definition) is 3. The lowest BCUT2D eigenvalue weighted by atomic mass is 10.0. The molecule has 0 fully saturated rings. The highest BCUT2D eigenvalue weighted by Crippen LogP contribution is 2.25. The first-order valence-corrected chi connectivity index (χ1v) is 8.11. The number of thiophene rings is 1. The zero-order valence-electron chi connectivity index (χ0n) is 12.5. The smallest absolute Gasteiger partial charge is 0.0505 e. The number of likely N-dealkylation sites (N-methyl/N-ethyl adjacent to an activating group) is 1. The third kappa shape index (κ3) is 3.69. The van der Waals surface area contributed by atoms with Gasteiger partial charge in [-0.1, -0.05) is 31.2 Å². The molecule has 2 atom stereocenters. The normalized spacial score (nSPS) is 14.4. The predicted octanol–water partition coefficient (Wildman–Crippen LogP) is 3.83. The minimum atomic E-state index is 0.115. The molecule has 0 bridgehead atoms. The summed E-state index contributed by atoms with van der Waals surface area (Å²) in [5.41, 5.74) is 10.2. The van der Waals surface area contributed by atoms with Gasteiger partial charge in [-0.3, -0.25) is 4.90 Å². The number of aryl methyl sites for hydroxylation is 1. The van der Waals surface area contributed by atoms with E-state index in [0.717, 1.165) is 13.0 Å². The fourth-order valence-corrected chi connectivity index (χ4v) is 3.36. The van der Waals surface area contributed by atoms with Crippen LogP contribution in [-0.4, -0.2) is 18.0 Å². The molecular weight excluding hydrogens is 264 g/mol. The molecule has 3 heteroatoms. The Morgan fingerprint density at radius 2 is 1.80 bits per heavy atom. The number of benzene rings is 1. The molecule has 0 aliphatic rings. The van der Waals surface area contributed by atoms with Crippen molar-refractivity contribution in [2.45, 2.75) is 38.9 Å². The number of nitrogens with zero attached hydrogens (tertiary/aromatic N) is 1. The Morgan fingerprint density at radius 3 is 2.30 bits per heavy atom. The third-order valence-electron chi connectivity index (χ3n) is 3.72. The first-order valence-electron chi connectivity index (χ1n) is 7.17. The largest absolute Gasteiger partial charge is 0.326 e. The van der Waals surface area contributed by atoms with Gasteiger partial charge in [-0.25, -0.2) is 0 Å². The molecule has 0 amide bonds. The lowest BCUT2D eigenvalue weighted by Gasteiger charge is -2.30. The predicted molar refractivity (Wildman–Crippen MR) is 88.0 cm³/mol. The van der Waals surface area contributed by atoms with E-state index in [0.29, 0.717) is 0 Å². The molecule has 2 rings (SSSR count). The lowest BCUT2D eigenvalue weighted by Crippen LogP contribution is -2.36. The zero-order chi connectivity index (χ0) is 14.5. The first kappa shape index (κ1) is 15.2. The molecule has 2 N–H and O–H groups in total. The fourth-order valence-electron chi connectivity index (χ4n) is 2.67. The summed E-state index contributed by atoms with van der Waals surface area (Å²) in [7, 11) is 2.15. The molecule has 2 aromatic rings. The highest BCUT2D eigenvalue weighted by atomic mass is 32.1. The Labute approximate surface area is 126 Å². The molecule has 2 nitrogen and oxygen atoms in total.